The third kappa shape index (κ3) is 3.91. The molecule has 0 radical (unpaired) electrons. The summed E-state index contributed by atoms with van der Waals surface area (Å²) in [6, 6.07) is 3.96. The van der Waals surface area contributed by atoms with Gasteiger partial charge in [0.05, 0.1) is 16.8 Å². The molecule has 0 aliphatic heterocycles. The molecule has 0 amide bonds. The Hall–Kier alpha value is -1.26. The average molecular weight is 248 g/mol. The smallest absolute Gasteiger partial charge is 0.0897 e. The lowest BCUT2D eigenvalue weighted by Crippen LogP contribution is -2.12. The number of aromatic nitrogens is 2. The summed E-state index contributed by atoms with van der Waals surface area (Å²) in [5, 5.41) is 13.0. The number of aryl methyl sites for hydroxylation is 2. The zero-order valence-corrected chi connectivity index (χ0v) is 10.7. The van der Waals surface area contributed by atoms with Crippen LogP contribution in [-0.2, 0) is 12.8 Å². The molecule has 2 heterocycles. The fraction of sp³-hybridized carbons (Fsp3) is 0.385. The molecule has 2 rings (SSSR count). The predicted molar refractivity (Wildman–Crippen MR) is 69.1 cm³/mol. The lowest BCUT2D eigenvalue weighted by molar-refractivity contribution is 0.164. The maximum Gasteiger partial charge on any atom is 0.0897 e. The number of hydrogen-bond acceptors (Lipinski definition) is 4. The molecular formula is C13H16N2OS. The Morgan fingerprint density at radius 1 is 1.47 bits per heavy atom. The Morgan fingerprint density at radius 2 is 2.35 bits per heavy atom. The topological polar surface area (TPSA) is 46.0 Å². The van der Waals surface area contributed by atoms with Crippen molar-refractivity contribution in [3.8, 4) is 0 Å². The van der Waals surface area contributed by atoms with Gasteiger partial charge in [0.15, 0.2) is 0 Å². The van der Waals surface area contributed by atoms with E-state index in [-0.39, 0.29) is 6.10 Å². The molecule has 0 spiro atoms. The Kier molecular flexibility index (Phi) is 4.23. The second-order valence-electron chi connectivity index (χ2n) is 4.12. The fourth-order valence-corrected chi connectivity index (χ4v) is 2.35. The van der Waals surface area contributed by atoms with Crippen molar-refractivity contribution >= 4 is 11.3 Å². The first-order valence-corrected chi connectivity index (χ1v) is 6.60. The van der Waals surface area contributed by atoms with E-state index < -0.39 is 0 Å². The third-order valence-corrected chi connectivity index (χ3v) is 3.42. The van der Waals surface area contributed by atoms with Crippen molar-refractivity contribution in [1.29, 1.82) is 0 Å². The van der Waals surface area contributed by atoms with E-state index in [1.54, 1.807) is 17.5 Å². The molecule has 0 bridgehead atoms. The Balaban J connectivity index is 1.80. The number of aliphatic hydroxyl groups excluding tert-OH is 1. The van der Waals surface area contributed by atoms with Crippen LogP contribution in [0.1, 0.15) is 22.7 Å². The standard InChI is InChI=1S/C13H16N2OS/c1-10-15-12(9-17-10)7-13(16)5-4-11-3-2-6-14-8-11/h2-3,6,8-9,13,16H,4-5,7H2,1H3. The van der Waals surface area contributed by atoms with E-state index in [0.29, 0.717) is 6.42 Å². The molecule has 0 saturated carbocycles. The van der Waals surface area contributed by atoms with E-state index in [0.717, 1.165) is 23.5 Å². The predicted octanol–water partition coefficient (Wildman–Crippen LogP) is 2.38. The van der Waals surface area contributed by atoms with E-state index in [9.17, 15) is 5.11 Å². The van der Waals surface area contributed by atoms with Gasteiger partial charge in [-0.15, -0.1) is 11.3 Å². The van der Waals surface area contributed by atoms with Crippen molar-refractivity contribution in [3.05, 3.63) is 46.2 Å². The summed E-state index contributed by atoms with van der Waals surface area (Å²) < 4.78 is 0. The molecule has 0 saturated heterocycles. The molecule has 2 aromatic rings. The minimum Gasteiger partial charge on any atom is -0.393 e. The van der Waals surface area contributed by atoms with Crippen LogP contribution in [0.3, 0.4) is 0 Å². The number of pyridine rings is 1. The molecule has 1 N–H and O–H groups in total. The molecule has 90 valence electrons. The first kappa shape index (κ1) is 12.2. The first-order chi connectivity index (χ1) is 8.24. The summed E-state index contributed by atoms with van der Waals surface area (Å²) >= 11 is 1.63. The molecule has 1 atom stereocenters. The normalized spacial score (nSPS) is 12.6. The molecular weight excluding hydrogens is 232 g/mol. The number of thiazole rings is 1. The monoisotopic (exact) mass is 248 g/mol. The molecule has 0 aliphatic rings. The summed E-state index contributed by atoms with van der Waals surface area (Å²) in [4.78, 5) is 8.41. The third-order valence-electron chi connectivity index (χ3n) is 2.60. The van der Waals surface area contributed by atoms with Gasteiger partial charge in [-0.25, -0.2) is 4.98 Å². The van der Waals surface area contributed by atoms with Gasteiger partial charge in [-0.2, -0.15) is 0 Å². The highest BCUT2D eigenvalue weighted by Gasteiger charge is 2.08. The molecule has 0 fully saturated rings. The minimum atomic E-state index is -0.322. The number of nitrogens with zero attached hydrogens (tertiary/aromatic N) is 2. The molecule has 17 heavy (non-hydrogen) atoms. The van der Waals surface area contributed by atoms with Crippen LogP contribution < -0.4 is 0 Å². The maximum atomic E-state index is 9.92. The van der Waals surface area contributed by atoms with Gasteiger partial charge in [0.2, 0.25) is 0 Å². The number of rotatable bonds is 5. The van der Waals surface area contributed by atoms with Gasteiger partial charge >= 0.3 is 0 Å². The fourth-order valence-electron chi connectivity index (χ4n) is 1.72. The Labute approximate surface area is 105 Å². The van der Waals surface area contributed by atoms with Crippen molar-refractivity contribution in [2.75, 3.05) is 0 Å². The van der Waals surface area contributed by atoms with Crippen LogP contribution in [-0.4, -0.2) is 21.2 Å². The average Bonchev–Trinajstić information content (AvgIpc) is 2.73. The van der Waals surface area contributed by atoms with Gasteiger partial charge in [0.25, 0.3) is 0 Å². The van der Waals surface area contributed by atoms with E-state index in [4.69, 9.17) is 0 Å². The van der Waals surface area contributed by atoms with Crippen LogP contribution in [0.4, 0.5) is 0 Å². The van der Waals surface area contributed by atoms with E-state index >= 15 is 0 Å². The van der Waals surface area contributed by atoms with Crippen LogP contribution in [0.25, 0.3) is 0 Å². The summed E-state index contributed by atoms with van der Waals surface area (Å²) in [6.07, 6.45) is 5.54. The summed E-state index contributed by atoms with van der Waals surface area (Å²) in [7, 11) is 0. The molecule has 4 heteroatoms. The van der Waals surface area contributed by atoms with Crippen LogP contribution in [0.5, 0.6) is 0 Å². The van der Waals surface area contributed by atoms with Crippen molar-refractivity contribution < 1.29 is 5.11 Å². The zero-order valence-electron chi connectivity index (χ0n) is 9.84. The van der Waals surface area contributed by atoms with Crippen molar-refractivity contribution in [3.63, 3.8) is 0 Å². The van der Waals surface area contributed by atoms with Crippen LogP contribution in [0.15, 0.2) is 29.9 Å². The van der Waals surface area contributed by atoms with E-state index in [1.807, 2.05) is 30.6 Å². The largest absolute Gasteiger partial charge is 0.393 e. The minimum absolute atomic E-state index is 0.322. The van der Waals surface area contributed by atoms with Gasteiger partial charge in [-0.3, -0.25) is 4.98 Å². The van der Waals surface area contributed by atoms with Crippen LogP contribution in [0.2, 0.25) is 0 Å². The number of hydrogen-bond donors (Lipinski definition) is 1. The van der Waals surface area contributed by atoms with Gasteiger partial charge in [0.1, 0.15) is 0 Å². The van der Waals surface area contributed by atoms with E-state index in [2.05, 4.69) is 9.97 Å². The summed E-state index contributed by atoms with van der Waals surface area (Å²) in [5.41, 5.74) is 2.16. The molecule has 0 aliphatic carbocycles. The Morgan fingerprint density at radius 3 is 3.00 bits per heavy atom. The lowest BCUT2D eigenvalue weighted by atomic mass is 10.1. The highest BCUT2D eigenvalue weighted by molar-refractivity contribution is 7.09. The lowest BCUT2D eigenvalue weighted by Gasteiger charge is -2.08. The molecule has 3 nitrogen and oxygen atoms in total. The van der Waals surface area contributed by atoms with Crippen molar-refractivity contribution in [2.24, 2.45) is 0 Å². The second kappa shape index (κ2) is 5.89. The highest BCUT2D eigenvalue weighted by atomic mass is 32.1. The summed E-state index contributed by atoms with van der Waals surface area (Å²) in [6.45, 7) is 1.98. The summed E-state index contributed by atoms with van der Waals surface area (Å²) in [5.74, 6) is 0. The van der Waals surface area contributed by atoms with E-state index in [1.165, 1.54) is 5.56 Å². The van der Waals surface area contributed by atoms with Crippen LogP contribution in [0, 0.1) is 6.92 Å². The first-order valence-electron chi connectivity index (χ1n) is 5.72. The van der Waals surface area contributed by atoms with Gasteiger partial charge in [0, 0.05) is 24.2 Å². The van der Waals surface area contributed by atoms with Gasteiger partial charge in [-0.05, 0) is 31.4 Å². The van der Waals surface area contributed by atoms with Crippen LogP contribution >= 0.6 is 11.3 Å². The SMILES string of the molecule is Cc1nc(CC(O)CCc2cccnc2)cs1. The Bertz CT molecular complexity index is 455. The van der Waals surface area contributed by atoms with Crippen molar-refractivity contribution in [2.45, 2.75) is 32.3 Å². The van der Waals surface area contributed by atoms with Gasteiger partial charge < -0.3 is 5.11 Å². The molecule has 0 aromatic carbocycles. The quantitative estimate of drug-likeness (QED) is 0.883. The second-order valence-corrected chi connectivity index (χ2v) is 5.18. The zero-order chi connectivity index (χ0) is 12.1. The highest BCUT2D eigenvalue weighted by Crippen LogP contribution is 2.12. The number of aliphatic hydroxyl groups is 1. The molecule has 1 unspecified atom stereocenters. The maximum absolute atomic E-state index is 9.92. The molecule has 2 aromatic heterocycles. The van der Waals surface area contributed by atoms with Crippen molar-refractivity contribution in [1.82, 2.24) is 9.97 Å². The van der Waals surface area contributed by atoms with Gasteiger partial charge in [-0.1, -0.05) is 6.07 Å².